The Bertz CT molecular complexity index is 416. The Balaban J connectivity index is 3.07. The third-order valence-electron chi connectivity index (χ3n) is 2.61. The summed E-state index contributed by atoms with van der Waals surface area (Å²) < 4.78 is 4.52. The molecule has 0 spiro atoms. The molecule has 1 aliphatic rings. The number of hydrogen-bond acceptors (Lipinski definition) is 4. The van der Waals surface area contributed by atoms with Gasteiger partial charge in [-0.05, 0) is 12.8 Å². The van der Waals surface area contributed by atoms with E-state index in [1.165, 1.54) is 0 Å². The molecule has 2 N–H and O–H groups in total. The van der Waals surface area contributed by atoms with Crippen LogP contribution in [0.2, 0.25) is 0 Å². The Hall–Kier alpha value is -2.31. The molecule has 0 aliphatic carbocycles. The minimum atomic E-state index is -1.49. The minimum Gasteiger partial charge on any atom is -0.480 e. The zero-order valence-electron chi connectivity index (χ0n) is 9.54. The normalized spacial score (nSPS) is 23.3. The second-order valence-electron chi connectivity index (χ2n) is 3.82. The molecular weight excluding hydrogens is 242 g/mol. The summed E-state index contributed by atoms with van der Waals surface area (Å²) in [4.78, 5) is 34.3. The van der Waals surface area contributed by atoms with Crippen LogP contribution >= 0.6 is 0 Å². The third kappa shape index (κ3) is 2.68. The van der Waals surface area contributed by atoms with Crippen LogP contribution in [0.4, 0.5) is 4.79 Å². The fourth-order valence-electron chi connectivity index (χ4n) is 1.87. The highest BCUT2D eigenvalue weighted by atomic mass is 16.5. The lowest BCUT2D eigenvalue weighted by atomic mass is 9.92. The largest absolute Gasteiger partial charge is 0.480 e. The van der Waals surface area contributed by atoms with Crippen molar-refractivity contribution in [3.05, 3.63) is 25.0 Å². The van der Waals surface area contributed by atoms with E-state index in [0.717, 1.165) is 6.26 Å². The molecule has 1 amide bonds. The van der Waals surface area contributed by atoms with Crippen LogP contribution < -0.4 is 0 Å². The van der Waals surface area contributed by atoms with Gasteiger partial charge in [0.15, 0.2) is 0 Å². The fraction of sp³-hybridized carbons (Fsp3) is 0.364. The smallest absolute Gasteiger partial charge is 0.408 e. The Morgan fingerprint density at radius 3 is 2.28 bits per heavy atom. The van der Waals surface area contributed by atoms with Crippen molar-refractivity contribution in [1.29, 1.82) is 0 Å². The molecule has 1 saturated heterocycles. The summed E-state index contributed by atoms with van der Waals surface area (Å²) in [5, 5.41) is 18.0. The van der Waals surface area contributed by atoms with Gasteiger partial charge in [0, 0.05) is 0 Å². The summed E-state index contributed by atoms with van der Waals surface area (Å²) in [5.74, 6) is -2.19. The van der Waals surface area contributed by atoms with E-state index < -0.39 is 30.1 Å². The molecule has 98 valence electrons. The number of carbonyl (C=O) groups excluding carboxylic acids is 1. The molecule has 2 unspecified atom stereocenters. The highest BCUT2D eigenvalue weighted by Crippen LogP contribution is 2.27. The van der Waals surface area contributed by atoms with E-state index >= 15 is 0 Å². The molecule has 1 heterocycles. The number of carbonyl (C=O) groups is 3. The SMILES string of the molecule is C=COC(=O)C1CC(=C)CC(C(=O)O)N1C(=O)O. The van der Waals surface area contributed by atoms with Gasteiger partial charge in [-0.15, -0.1) is 0 Å². The van der Waals surface area contributed by atoms with Gasteiger partial charge in [-0.3, -0.25) is 4.90 Å². The minimum absolute atomic E-state index is 0.0144. The summed E-state index contributed by atoms with van der Waals surface area (Å²) in [6.45, 7) is 6.81. The molecule has 1 aliphatic heterocycles. The van der Waals surface area contributed by atoms with E-state index in [1.807, 2.05) is 0 Å². The quantitative estimate of drug-likeness (QED) is 0.439. The first-order valence-electron chi connectivity index (χ1n) is 5.10. The number of piperidine rings is 1. The van der Waals surface area contributed by atoms with Crippen LogP contribution in [-0.4, -0.2) is 45.2 Å². The number of amides is 1. The molecule has 7 heteroatoms. The predicted octanol–water partition coefficient (Wildman–Crippen LogP) is 0.825. The molecule has 0 saturated carbocycles. The maximum Gasteiger partial charge on any atom is 0.408 e. The summed E-state index contributed by atoms with van der Waals surface area (Å²) in [7, 11) is 0. The van der Waals surface area contributed by atoms with Gasteiger partial charge in [0.05, 0.1) is 6.26 Å². The van der Waals surface area contributed by atoms with Crippen LogP contribution in [0.25, 0.3) is 0 Å². The molecule has 7 nitrogen and oxygen atoms in total. The average Bonchev–Trinajstić information content (AvgIpc) is 2.27. The number of nitrogens with zero attached hydrogens (tertiary/aromatic N) is 1. The lowest BCUT2D eigenvalue weighted by Gasteiger charge is -2.37. The molecule has 18 heavy (non-hydrogen) atoms. The Morgan fingerprint density at radius 1 is 1.28 bits per heavy atom. The van der Waals surface area contributed by atoms with Crippen molar-refractivity contribution in [2.45, 2.75) is 24.9 Å². The number of aliphatic carboxylic acids is 1. The molecule has 0 bridgehead atoms. The molecule has 0 aromatic rings. The van der Waals surface area contributed by atoms with Crippen LogP contribution in [-0.2, 0) is 14.3 Å². The van der Waals surface area contributed by atoms with Crippen LogP contribution in [0.3, 0.4) is 0 Å². The van der Waals surface area contributed by atoms with E-state index in [1.54, 1.807) is 0 Å². The number of rotatable bonds is 3. The van der Waals surface area contributed by atoms with Gasteiger partial charge in [0.2, 0.25) is 0 Å². The van der Waals surface area contributed by atoms with Gasteiger partial charge >= 0.3 is 18.0 Å². The second kappa shape index (κ2) is 5.35. The fourth-order valence-corrected chi connectivity index (χ4v) is 1.87. The number of likely N-dealkylation sites (tertiary alicyclic amines) is 1. The van der Waals surface area contributed by atoms with Crippen molar-refractivity contribution in [3.8, 4) is 0 Å². The van der Waals surface area contributed by atoms with Crippen LogP contribution in [0.1, 0.15) is 12.8 Å². The highest BCUT2D eigenvalue weighted by molar-refractivity contribution is 5.87. The number of carboxylic acid groups (broad SMARTS) is 2. The zero-order chi connectivity index (χ0) is 13.9. The number of carboxylic acids is 1. The maximum atomic E-state index is 11.6. The Kier molecular flexibility index (Phi) is 4.09. The third-order valence-corrected chi connectivity index (χ3v) is 2.61. The van der Waals surface area contributed by atoms with Gasteiger partial charge in [0.25, 0.3) is 0 Å². The van der Waals surface area contributed by atoms with Gasteiger partial charge in [-0.1, -0.05) is 18.7 Å². The van der Waals surface area contributed by atoms with E-state index in [0.29, 0.717) is 10.5 Å². The zero-order valence-corrected chi connectivity index (χ0v) is 9.54. The summed E-state index contributed by atoms with van der Waals surface area (Å²) >= 11 is 0. The van der Waals surface area contributed by atoms with Crippen LogP contribution in [0.5, 0.6) is 0 Å². The Morgan fingerprint density at radius 2 is 1.83 bits per heavy atom. The molecule has 0 aromatic carbocycles. The van der Waals surface area contributed by atoms with Crippen LogP contribution in [0.15, 0.2) is 25.0 Å². The summed E-state index contributed by atoms with van der Waals surface area (Å²) in [6.07, 6.45) is -0.585. The Labute approximate surface area is 103 Å². The molecule has 0 aromatic heterocycles. The van der Waals surface area contributed by atoms with Gasteiger partial charge in [-0.2, -0.15) is 0 Å². The first kappa shape index (κ1) is 13.8. The molecule has 0 radical (unpaired) electrons. The topological polar surface area (TPSA) is 104 Å². The van der Waals surface area contributed by atoms with Gasteiger partial charge in [-0.25, -0.2) is 14.4 Å². The van der Waals surface area contributed by atoms with Crippen molar-refractivity contribution in [1.82, 2.24) is 4.90 Å². The number of esters is 1. The van der Waals surface area contributed by atoms with E-state index in [9.17, 15) is 14.4 Å². The van der Waals surface area contributed by atoms with E-state index in [2.05, 4.69) is 17.9 Å². The monoisotopic (exact) mass is 255 g/mol. The van der Waals surface area contributed by atoms with Gasteiger partial charge in [0.1, 0.15) is 12.1 Å². The van der Waals surface area contributed by atoms with Crippen LogP contribution in [0, 0.1) is 0 Å². The molecule has 1 fully saturated rings. The lowest BCUT2D eigenvalue weighted by molar-refractivity contribution is -0.151. The number of hydrogen-bond donors (Lipinski definition) is 2. The highest BCUT2D eigenvalue weighted by Gasteiger charge is 2.43. The summed E-state index contributed by atoms with van der Waals surface area (Å²) in [5.41, 5.74) is 0.492. The summed E-state index contributed by atoms with van der Waals surface area (Å²) in [6, 6.07) is -2.53. The van der Waals surface area contributed by atoms with Crippen molar-refractivity contribution in [3.63, 3.8) is 0 Å². The number of ether oxygens (including phenoxy) is 1. The molecule has 2 atom stereocenters. The van der Waals surface area contributed by atoms with Crippen molar-refractivity contribution >= 4 is 18.0 Å². The molecular formula is C11H13NO6. The van der Waals surface area contributed by atoms with Crippen molar-refractivity contribution in [2.24, 2.45) is 0 Å². The predicted molar refractivity (Wildman–Crippen MR) is 59.7 cm³/mol. The average molecular weight is 255 g/mol. The van der Waals surface area contributed by atoms with E-state index in [-0.39, 0.29) is 12.8 Å². The second-order valence-corrected chi connectivity index (χ2v) is 3.82. The molecule has 1 rings (SSSR count). The van der Waals surface area contributed by atoms with Crippen molar-refractivity contribution in [2.75, 3.05) is 0 Å². The first-order valence-corrected chi connectivity index (χ1v) is 5.10. The standard InChI is InChI=1S/C11H13NO6/c1-3-18-10(15)8-5-6(2)4-7(9(13)14)12(8)11(16)17/h3,7-8H,1-2,4-5H2,(H,13,14)(H,16,17). The maximum absolute atomic E-state index is 11.6. The van der Waals surface area contributed by atoms with Crippen molar-refractivity contribution < 1.29 is 29.3 Å². The lowest BCUT2D eigenvalue weighted by Crippen LogP contribution is -2.56. The van der Waals surface area contributed by atoms with Gasteiger partial charge < -0.3 is 14.9 Å². The van der Waals surface area contributed by atoms with E-state index in [4.69, 9.17) is 10.2 Å². The first-order chi connectivity index (χ1) is 8.38.